The summed E-state index contributed by atoms with van der Waals surface area (Å²) in [6, 6.07) is 5.55. The minimum Gasteiger partial charge on any atom is -0.508 e. The zero-order valence-corrected chi connectivity index (χ0v) is 8.32. The number of hydrogen-bond donors (Lipinski definition) is 1. The highest BCUT2D eigenvalue weighted by atomic mass is 32.2. The predicted molar refractivity (Wildman–Crippen MR) is 54.7 cm³/mol. The molecule has 0 spiro atoms. The van der Waals surface area contributed by atoms with Crippen LogP contribution in [0.2, 0.25) is 0 Å². The summed E-state index contributed by atoms with van der Waals surface area (Å²) >= 11 is 1.90. The summed E-state index contributed by atoms with van der Waals surface area (Å²) in [6.07, 6.45) is 0. The van der Waals surface area contributed by atoms with Gasteiger partial charge in [0, 0.05) is 5.75 Å². The Labute approximate surface area is 77.8 Å². The molecule has 0 saturated heterocycles. The second-order valence-corrected chi connectivity index (χ2v) is 4.02. The van der Waals surface area contributed by atoms with Gasteiger partial charge in [-0.2, -0.15) is 11.8 Å². The highest BCUT2D eigenvalue weighted by Gasteiger charge is 1.98. The van der Waals surface area contributed by atoms with Gasteiger partial charge in [0.25, 0.3) is 0 Å². The third-order valence-corrected chi connectivity index (χ3v) is 2.71. The Bertz CT molecular complexity index is 258. The molecule has 0 aliphatic heterocycles. The van der Waals surface area contributed by atoms with Crippen LogP contribution in [0.25, 0.3) is 0 Å². The Morgan fingerprint density at radius 3 is 2.75 bits per heavy atom. The van der Waals surface area contributed by atoms with Gasteiger partial charge in [-0.1, -0.05) is 13.0 Å². The minimum absolute atomic E-state index is 0.359. The fourth-order valence-electron chi connectivity index (χ4n) is 1.05. The largest absolute Gasteiger partial charge is 0.508 e. The lowest BCUT2D eigenvalue weighted by Crippen LogP contribution is -1.85. The van der Waals surface area contributed by atoms with Crippen molar-refractivity contribution < 1.29 is 5.11 Å². The Kier molecular flexibility index (Phi) is 3.48. The molecule has 0 amide bonds. The summed E-state index contributed by atoms with van der Waals surface area (Å²) in [5.74, 6) is 2.54. The van der Waals surface area contributed by atoms with Crippen LogP contribution in [0.3, 0.4) is 0 Å². The van der Waals surface area contributed by atoms with Crippen molar-refractivity contribution in [1.29, 1.82) is 0 Å². The fourth-order valence-corrected chi connectivity index (χ4v) is 1.80. The lowest BCUT2D eigenvalue weighted by Gasteiger charge is -2.04. The molecule has 1 nitrogen and oxygen atoms in total. The summed E-state index contributed by atoms with van der Waals surface area (Å²) in [5.41, 5.74) is 2.50. The molecule has 2 heteroatoms. The maximum Gasteiger partial charge on any atom is 0.115 e. The summed E-state index contributed by atoms with van der Waals surface area (Å²) < 4.78 is 0. The zero-order chi connectivity index (χ0) is 8.97. The molecule has 0 radical (unpaired) electrons. The molecule has 1 aromatic rings. The molecule has 0 aromatic heterocycles. The Hall–Kier alpha value is -0.630. The summed E-state index contributed by atoms with van der Waals surface area (Å²) in [7, 11) is 0. The number of aromatic hydroxyl groups is 1. The lowest BCUT2D eigenvalue weighted by molar-refractivity contribution is 0.474. The predicted octanol–water partition coefficient (Wildman–Crippen LogP) is 2.95. The van der Waals surface area contributed by atoms with Crippen molar-refractivity contribution in [2.45, 2.75) is 19.6 Å². The van der Waals surface area contributed by atoms with Crippen LogP contribution in [0.15, 0.2) is 18.2 Å². The third kappa shape index (κ3) is 2.45. The first kappa shape index (κ1) is 9.46. The first-order valence-corrected chi connectivity index (χ1v) is 5.25. The van der Waals surface area contributed by atoms with Gasteiger partial charge in [0.1, 0.15) is 5.75 Å². The molecule has 0 saturated carbocycles. The van der Waals surface area contributed by atoms with E-state index >= 15 is 0 Å². The number of hydrogen-bond acceptors (Lipinski definition) is 2. The molecule has 0 fully saturated rings. The van der Waals surface area contributed by atoms with Crippen molar-refractivity contribution in [3.63, 3.8) is 0 Å². The second kappa shape index (κ2) is 4.41. The Morgan fingerprint density at radius 1 is 1.42 bits per heavy atom. The smallest absolute Gasteiger partial charge is 0.115 e. The van der Waals surface area contributed by atoms with E-state index in [1.54, 1.807) is 6.07 Å². The van der Waals surface area contributed by atoms with Crippen LogP contribution in [0.4, 0.5) is 0 Å². The van der Waals surface area contributed by atoms with Crippen LogP contribution < -0.4 is 0 Å². The van der Waals surface area contributed by atoms with Gasteiger partial charge in [-0.3, -0.25) is 0 Å². The number of phenolic OH excluding ortho intramolecular Hbond substituents is 1. The van der Waals surface area contributed by atoms with Crippen molar-refractivity contribution >= 4 is 11.8 Å². The fraction of sp³-hybridized carbons (Fsp3) is 0.400. The van der Waals surface area contributed by atoms with E-state index in [1.807, 2.05) is 30.8 Å². The van der Waals surface area contributed by atoms with Crippen molar-refractivity contribution in [3.8, 4) is 5.75 Å². The minimum atomic E-state index is 0.359. The quantitative estimate of drug-likeness (QED) is 0.775. The molecule has 0 unspecified atom stereocenters. The van der Waals surface area contributed by atoms with Crippen LogP contribution in [-0.2, 0) is 5.75 Å². The Balaban J connectivity index is 2.72. The molecule has 0 bridgehead atoms. The van der Waals surface area contributed by atoms with Crippen LogP contribution in [-0.4, -0.2) is 10.9 Å². The number of rotatable bonds is 3. The topological polar surface area (TPSA) is 20.2 Å². The Morgan fingerprint density at radius 2 is 2.17 bits per heavy atom. The normalized spacial score (nSPS) is 10.2. The van der Waals surface area contributed by atoms with Gasteiger partial charge < -0.3 is 5.11 Å². The van der Waals surface area contributed by atoms with E-state index in [0.717, 1.165) is 11.5 Å². The zero-order valence-electron chi connectivity index (χ0n) is 7.50. The molecule has 0 heterocycles. The molecule has 0 aliphatic carbocycles. The van der Waals surface area contributed by atoms with Crippen molar-refractivity contribution in [1.82, 2.24) is 0 Å². The highest BCUT2D eigenvalue weighted by Crippen LogP contribution is 2.19. The molecular weight excluding hydrogens is 168 g/mol. The summed E-state index contributed by atoms with van der Waals surface area (Å²) in [6.45, 7) is 4.19. The van der Waals surface area contributed by atoms with Crippen molar-refractivity contribution in [3.05, 3.63) is 29.3 Å². The van der Waals surface area contributed by atoms with Gasteiger partial charge in [0.05, 0.1) is 0 Å². The van der Waals surface area contributed by atoms with E-state index in [4.69, 9.17) is 5.11 Å². The third-order valence-electron chi connectivity index (χ3n) is 1.79. The number of aryl methyl sites for hydroxylation is 1. The van der Waals surface area contributed by atoms with Crippen molar-refractivity contribution in [2.24, 2.45) is 0 Å². The van der Waals surface area contributed by atoms with Gasteiger partial charge >= 0.3 is 0 Å². The summed E-state index contributed by atoms with van der Waals surface area (Å²) in [5, 5.41) is 9.16. The average Bonchev–Trinajstić information content (AvgIpc) is 2.03. The second-order valence-electron chi connectivity index (χ2n) is 2.75. The summed E-state index contributed by atoms with van der Waals surface area (Å²) in [4.78, 5) is 0. The number of phenols is 1. The van der Waals surface area contributed by atoms with Gasteiger partial charge in [-0.25, -0.2) is 0 Å². The van der Waals surface area contributed by atoms with Crippen LogP contribution in [0.5, 0.6) is 5.75 Å². The van der Waals surface area contributed by atoms with Crippen molar-refractivity contribution in [2.75, 3.05) is 5.75 Å². The molecule has 1 rings (SSSR count). The van der Waals surface area contributed by atoms with E-state index in [9.17, 15) is 0 Å². The highest BCUT2D eigenvalue weighted by molar-refractivity contribution is 7.98. The first-order valence-electron chi connectivity index (χ1n) is 4.10. The van der Waals surface area contributed by atoms with Gasteiger partial charge in [0.15, 0.2) is 0 Å². The number of thioether (sulfide) groups is 1. The van der Waals surface area contributed by atoms with E-state index < -0.39 is 0 Å². The van der Waals surface area contributed by atoms with E-state index in [2.05, 4.69) is 6.92 Å². The van der Waals surface area contributed by atoms with Crippen LogP contribution >= 0.6 is 11.8 Å². The molecule has 66 valence electrons. The number of benzene rings is 1. The molecule has 0 aliphatic rings. The average molecular weight is 182 g/mol. The van der Waals surface area contributed by atoms with E-state index in [-0.39, 0.29) is 0 Å². The van der Waals surface area contributed by atoms with Gasteiger partial charge in [-0.15, -0.1) is 0 Å². The van der Waals surface area contributed by atoms with E-state index in [1.165, 1.54) is 11.1 Å². The first-order chi connectivity index (χ1) is 5.74. The molecule has 1 N–H and O–H groups in total. The standard InChI is InChI=1S/C10H14OS/c1-3-12-7-9-4-5-10(11)6-8(9)2/h4-6,11H,3,7H2,1-2H3. The molecule has 0 atom stereocenters. The van der Waals surface area contributed by atoms with E-state index in [0.29, 0.717) is 5.75 Å². The molecule has 12 heavy (non-hydrogen) atoms. The maximum atomic E-state index is 9.16. The van der Waals surface area contributed by atoms with Gasteiger partial charge in [-0.05, 0) is 35.9 Å². The van der Waals surface area contributed by atoms with Gasteiger partial charge in [0.2, 0.25) is 0 Å². The van der Waals surface area contributed by atoms with Crippen LogP contribution in [0.1, 0.15) is 18.1 Å². The molecule has 1 aromatic carbocycles. The lowest BCUT2D eigenvalue weighted by atomic mass is 10.1. The monoisotopic (exact) mass is 182 g/mol. The molecular formula is C10H14OS. The van der Waals surface area contributed by atoms with Crippen LogP contribution in [0, 0.1) is 6.92 Å². The SMILES string of the molecule is CCSCc1ccc(O)cc1C. The maximum absolute atomic E-state index is 9.16.